The second-order valence-corrected chi connectivity index (χ2v) is 7.42. The first-order chi connectivity index (χ1) is 13.9. The van der Waals surface area contributed by atoms with E-state index in [1.165, 1.54) is 11.8 Å². The zero-order valence-electron chi connectivity index (χ0n) is 16.1. The average Bonchev–Trinajstić information content (AvgIpc) is 2.73. The molecule has 1 amide bonds. The van der Waals surface area contributed by atoms with E-state index in [2.05, 4.69) is 10.3 Å². The Labute approximate surface area is 166 Å². The predicted octanol–water partition coefficient (Wildman–Crippen LogP) is 3.04. The van der Waals surface area contributed by atoms with Crippen LogP contribution in [0.5, 0.6) is 0 Å². The number of hydrogen-bond acceptors (Lipinski definition) is 3. The van der Waals surface area contributed by atoms with Crippen molar-refractivity contribution in [2.75, 3.05) is 7.05 Å². The van der Waals surface area contributed by atoms with Crippen LogP contribution in [-0.2, 0) is 17.8 Å². The van der Waals surface area contributed by atoms with Gasteiger partial charge in [-0.2, -0.15) is 0 Å². The molecule has 0 bridgehead atoms. The Hall–Kier alpha value is -3.06. The van der Waals surface area contributed by atoms with Crippen LogP contribution < -0.4 is 10.9 Å². The Morgan fingerprint density at radius 1 is 1.14 bits per heavy atom. The molecule has 0 fully saturated rings. The van der Waals surface area contributed by atoms with Crippen LogP contribution in [0.3, 0.4) is 0 Å². The smallest absolute Gasteiger partial charge is 0.255 e. The number of benzene rings is 2. The topological polar surface area (TPSA) is 65.2 Å². The van der Waals surface area contributed by atoms with Gasteiger partial charge in [0.25, 0.3) is 5.56 Å². The maximum absolute atomic E-state index is 13.8. The molecule has 2 N–H and O–H groups in total. The molecule has 2 atom stereocenters. The number of rotatable bonds is 3. The molecule has 0 spiro atoms. The maximum Gasteiger partial charge on any atom is 0.255 e. The summed E-state index contributed by atoms with van der Waals surface area (Å²) in [5.74, 6) is -2.22. The van der Waals surface area contributed by atoms with Crippen molar-refractivity contribution in [1.29, 1.82) is 0 Å². The number of pyridine rings is 1. The van der Waals surface area contributed by atoms with Crippen molar-refractivity contribution >= 4 is 16.7 Å². The van der Waals surface area contributed by atoms with Crippen molar-refractivity contribution in [1.82, 2.24) is 15.2 Å². The van der Waals surface area contributed by atoms with Gasteiger partial charge in [0.05, 0.1) is 17.5 Å². The number of aromatic nitrogens is 1. The normalized spacial score (nSPS) is 17.0. The molecule has 4 rings (SSSR count). The first-order valence-corrected chi connectivity index (χ1v) is 9.44. The highest BCUT2D eigenvalue weighted by atomic mass is 19.2. The minimum absolute atomic E-state index is 0.0545. The van der Waals surface area contributed by atoms with Gasteiger partial charge in [0.1, 0.15) is 0 Å². The Morgan fingerprint density at radius 2 is 1.79 bits per heavy atom. The number of nitrogens with zero attached hydrogens (tertiary/aromatic N) is 1. The largest absolute Gasteiger partial charge is 0.338 e. The Balaban J connectivity index is 1.64. The zero-order valence-corrected chi connectivity index (χ0v) is 16.1. The molecule has 2 heterocycles. The fraction of sp³-hybridized carbons (Fsp3) is 0.273. The lowest BCUT2D eigenvalue weighted by atomic mass is 9.94. The third-order valence-corrected chi connectivity index (χ3v) is 5.73. The van der Waals surface area contributed by atoms with E-state index in [0.29, 0.717) is 23.9 Å². The van der Waals surface area contributed by atoms with Crippen molar-refractivity contribution < 1.29 is 13.6 Å². The maximum atomic E-state index is 13.8. The van der Waals surface area contributed by atoms with Crippen LogP contribution in [0.2, 0.25) is 0 Å². The molecule has 3 aromatic rings. The number of halogens is 2. The summed E-state index contributed by atoms with van der Waals surface area (Å²) in [5, 5.41) is 3.61. The first kappa shape index (κ1) is 19.3. The van der Waals surface area contributed by atoms with Crippen LogP contribution in [0.4, 0.5) is 8.78 Å². The lowest BCUT2D eigenvalue weighted by Gasteiger charge is -2.32. The first-order valence-electron chi connectivity index (χ1n) is 9.44. The van der Waals surface area contributed by atoms with E-state index in [1.807, 2.05) is 24.3 Å². The molecule has 2 aromatic carbocycles. The minimum Gasteiger partial charge on any atom is -0.338 e. The molecule has 0 saturated heterocycles. The highest BCUT2D eigenvalue weighted by molar-refractivity contribution is 5.87. The van der Waals surface area contributed by atoms with Crippen LogP contribution in [0, 0.1) is 11.6 Å². The minimum atomic E-state index is -1.08. The molecule has 0 aliphatic carbocycles. The Bertz CT molecular complexity index is 1160. The second-order valence-electron chi connectivity index (χ2n) is 7.42. The van der Waals surface area contributed by atoms with Gasteiger partial charge in [-0.1, -0.05) is 24.3 Å². The van der Waals surface area contributed by atoms with Gasteiger partial charge in [-0.3, -0.25) is 9.59 Å². The van der Waals surface area contributed by atoms with E-state index in [-0.39, 0.29) is 17.3 Å². The molecule has 5 nitrogen and oxygen atoms in total. The fourth-order valence-corrected chi connectivity index (χ4v) is 3.89. The van der Waals surface area contributed by atoms with Crippen LogP contribution in [-0.4, -0.2) is 28.9 Å². The summed E-state index contributed by atoms with van der Waals surface area (Å²) in [5.41, 5.74) is 2.36. The highest BCUT2D eigenvalue weighted by Crippen LogP contribution is 2.28. The Kier molecular flexibility index (Phi) is 4.92. The quantitative estimate of drug-likeness (QED) is 0.714. The van der Waals surface area contributed by atoms with Crippen molar-refractivity contribution in [3.05, 3.63) is 81.3 Å². The van der Waals surface area contributed by atoms with E-state index in [9.17, 15) is 18.4 Å². The van der Waals surface area contributed by atoms with Crippen LogP contribution >= 0.6 is 0 Å². The van der Waals surface area contributed by atoms with Crippen LogP contribution in [0.25, 0.3) is 10.8 Å². The SMILES string of the molecule is CC(c1c[nH]c(=O)c2cc(F)c(F)cc12)N(C)C(=O)[C@@H]1Cc2ccccc2CN1. The summed E-state index contributed by atoms with van der Waals surface area (Å²) in [6.07, 6.45) is 2.04. The Morgan fingerprint density at radius 3 is 2.52 bits per heavy atom. The zero-order chi connectivity index (χ0) is 20.7. The fourth-order valence-electron chi connectivity index (χ4n) is 3.89. The van der Waals surface area contributed by atoms with Crippen molar-refractivity contribution in [2.45, 2.75) is 32.0 Å². The summed E-state index contributed by atoms with van der Waals surface area (Å²) < 4.78 is 27.4. The summed E-state index contributed by atoms with van der Waals surface area (Å²) in [4.78, 5) is 29.3. The standard InChI is InChI=1S/C22H21F2N3O2/c1-12(17-11-26-21(28)16-9-19(24)18(23)8-15(16)17)27(2)22(29)20-7-13-5-3-4-6-14(13)10-25-20/h3-6,8-9,11-12,20,25H,7,10H2,1-2H3,(H,26,28)/t12?,20-/m0/s1. The number of fused-ring (bicyclic) bond motifs is 2. The van der Waals surface area contributed by atoms with Gasteiger partial charge in [0.2, 0.25) is 5.91 Å². The summed E-state index contributed by atoms with van der Waals surface area (Å²) >= 11 is 0. The van der Waals surface area contributed by atoms with Gasteiger partial charge >= 0.3 is 0 Å². The van der Waals surface area contributed by atoms with Crippen molar-refractivity contribution in [3.63, 3.8) is 0 Å². The third kappa shape index (κ3) is 3.42. The molecule has 150 valence electrons. The van der Waals surface area contributed by atoms with Gasteiger partial charge in [-0.05, 0) is 47.6 Å². The second kappa shape index (κ2) is 7.40. The lowest BCUT2D eigenvalue weighted by molar-refractivity contribution is -0.134. The molecule has 1 aromatic heterocycles. The molecule has 7 heteroatoms. The van der Waals surface area contributed by atoms with Crippen molar-refractivity contribution in [3.8, 4) is 0 Å². The van der Waals surface area contributed by atoms with Gasteiger partial charge in [-0.15, -0.1) is 0 Å². The van der Waals surface area contributed by atoms with Gasteiger partial charge < -0.3 is 15.2 Å². The number of H-pyrrole nitrogens is 1. The molecule has 1 aliphatic rings. The van der Waals surface area contributed by atoms with Crippen LogP contribution in [0.15, 0.2) is 47.4 Å². The number of carbonyl (C=O) groups excluding carboxylic acids is 1. The predicted molar refractivity (Wildman–Crippen MR) is 106 cm³/mol. The average molecular weight is 397 g/mol. The molecule has 0 radical (unpaired) electrons. The number of hydrogen-bond donors (Lipinski definition) is 2. The molecule has 1 unspecified atom stereocenters. The summed E-state index contributed by atoms with van der Waals surface area (Å²) in [6, 6.07) is 9.06. The number of likely N-dealkylation sites (N-methyl/N-ethyl adjacent to an activating group) is 1. The summed E-state index contributed by atoms with van der Waals surface area (Å²) in [7, 11) is 1.67. The number of aromatic amines is 1. The van der Waals surface area contributed by atoms with E-state index in [4.69, 9.17) is 0 Å². The molecule has 1 aliphatic heterocycles. The van der Waals surface area contributed by atoms with Gasteiger partial charge in [0.15, 0.2) is 11.6 Å². The van der Waals surface area contributed by atoms with Gasteiger partial charge in [-0.25, -0.2) is 8.78 Å². The van der Waals surface area contributed by atoms with Crippen molar-refractivity contribution in [2.24, 2.45) is 0 Å². The number of amides is 1. The van der Waals surface area contributed by atoms with E-state index < -0.39 is 23.2 Å². The van der Waals surface area contributed by atoms with E-state index in [1.54, 1.807) is 18.9 Å². The van der Waals surface area contributed by atoms with Gasteiger partial charge in [0, 0.05) is 19.8 Å². The molecule has 0 saturated carbocycles. The third-order valence-electron chi connectivity index (χ3n) is 5.73. The molecule has 29 heavy (non-hydrogen) atoms. The highest BCUT2D eigenvalue weighted by Gasteiger charge is 2.29. The van der Waals surface area contributed by atoms with E-state index in [0.717, 1.165) is 17.7 Å². The van der Waals surface area contributed by atoms with E-state index >= 15 is 0 Å². The lowest BCUT2D eigenvalue weighted by Crippen LogP contribution is -2.48. The monoisotopic (exact) mass is 397 g/mol. The molecular weight excluding hydrogens is 376 g/mol. The molecular formula is C22H21F2N3O2. The number of nitrogens with one attached hydrogen (secondary N) is 2. The summed E-state index contributed by atoms with van der Waals surface area (Å²) in [6.45, 7) is 2.41. The van der Waals surface area contributed by atoms with Crippen LogP contribution in [0.1, 0.15) is 29.7 Å². The number of carbonyl (C=O) groups is 1.